The molecule has 13 nitrogen and oxygen atoms in total. The van der Waals surface area contributed by atoms with Gasteiger partial charge in [0.05, 0.1) is 45.2 Å². The third-order valence-corrected chi connectivity index (χ3v) is 14.3. The molecule has 9 rings (SSSR count). The number of piperazine rings is 1. The van der Waals surface area contributed by atoms with E-state index >= 15 is 4.39 Å². The number of halogens is 2. The summed E-state index contributed by atoms with van der Waals surface area (Å²) in [4.78, 5) is 76.4. The van der Waals surface area contributed by atoms with Gasteiger partial charge in [0, 0.05) is 67.5 Å². The van der Waals surface area contributed by atoms with Crippen molar-refractivity contribution in [3.63, 3.8) is 0 Å². The summed E-state index contributed by atoms with van der Waals surface area (Å²) in [5.41, 5.74) is 1.86. The number of carbonyl (C=O) groups excluding carboxylic acids is 5. The van der Waals surface area contributed by atoms with Crippen LogP contribution >= 0.6 is 11.6 Å². The van der Waals surface area contributed by atoms with E-state index in [-0.39, 0.29) is 64.5 Å². The second-order valence-electron chi connectivity index (χ2n) is 18.5. The van der Waals surface area contributed by atoms with Gasteiger partial charge in [0.25, 0.3) is 17.7 Å². The van der Waals surface area contributed by atoms with Gasteiger partial charge in [0.15, 0.2) is 0 Å². The van der Waals surface area contributed by atoms with Gasteiger partial charge in [-0.25, -0.2) is 9.37 Å². The fourth-order valence-corrected chi connectivity index (χ4v) is 11.5. The second-order valence-corrected chi connectivity index (χ2v) is 18.9. The van der Waals surface area contributed by atoms with Crippen LogP contribution in [0.5, 0.6) is 5.75 Å². The lowest BCUT2D eigenvalue weighted by Gasteiger charge is -2.65. The predicted octanol–water partition coefficient (Wildman–Crippen LogP) is 5.72. The number of ether oxygens (including phenoxy) is 1. The monoisotopic (exact) mass is 859 g/mol. The number of hydrogen-bond acceptors (Lipinski definition) is 10. The van der Waals surface area contributed by atoms with Gasteiger partial charge in [-0.15, -0.1) is 0 Å². The Morgan fingerprint density at radius 2 is 1.55 bits per heavy atom. The lowest BCUT2D eigenvalue weighted by Crippen LogP contribution is -2.74. The van der Waals surface area contributed by atoms with Crippen LogP contribution in [-0.2, 0) is 16.1 Å². The van der Waals surface area contributed by atoms with Gasteiger partial charge in [-0.2, -0.15) is 5.26 Å². The van der Waals surface area contributed by atoms with Gasteiger partial charge in [-0.05, 0) is 74.4 Å². The first kappa shape index (κ1) is 41.5. The number of anilines is 1. The second kappa shape index (κ2) is 15.5. The quantitative estimate of drug-likeness (QED) is 0.241. The van der Waals surface area contributed by atoms with Crippen molar-refractivity contribution in [1.82, 2.24) is 25.0 Å². The van der Waals surface area contributed by atoms with Crippen molar-refractivity contribution in [2.75, 3.05) is 31.1 Å². The van der Waals surface area contributed by atoms with Crippen LogP contribution < -0.4 is 15.0 Å². The number of nitrogens with zero attached hydrogens (tertiary/aromatic N) is 6. The highest BCUT2D eigenvalue weighted by Crippen LogP contribution is 2.59. The van der Waals surface area contributed by atoms with Crippen LogP contribution in [0, 0.1) is 45.7 Å². The number of nitrogens with one attached hydrogen (secondary N) is 1. The first-order valence-electron chi connectivity index (χ1n) is 21.3. The summed E-state index contributed by atoms with van der Waals surface area (Å²) in [5, 5.41) is 11.8. The zero-order valence-electron chi connectivity index (χ0n) is 35.1. The van der Waals surface area contributed by atoms with E-state index in [1.165, 1.54) is 6.07 Å². The molecule has 0 spiro atoms. The minimum atomic E-state index is -1.11. The minimum absolute atomic E-state index is 0.0118. The molecule has 1 aromatic heterocycles. The smallest absolute Gasteiger partial charge is 0.262 e. The molecule has 1 unspecified atom stereocenters. The zero-order valence-corrected chi connectivity index (χ0v) is 35.9. The van der Waals surface area contributed by atoms with Crippen LogP contribution in [0.3, 0.4) is 0 Å². The van der Waals surface area contributed by atoms with E-state index in [4.69, 9.17) is 21.3 Å². The molecule has 4 aliphatic heterocycles. The summed E-state index contributed by atoms with van der Waals surface area (Å²) >= 11 is 6.29. The van der Waals surface area contributed by atoms with Crippen LogP contribution in [0.1, 0.15) is 114 Å². The van der Waals surface area contributed by atoms with Crippen LogP contribution in [0.4, 0.5) is 10.1 Å². The molecule has 2 saturated heterocycles. The molecule has 2 saturated carbocycles. The standard InChI is InChI=1S/C47H47ClFN7O6/c1-46(2)44(47(3,4)45(46)62-30-13-8-27(24-50)34(48)21-30)55-25-36-31(41(55)59)14-10-28(51-36)9-5-26-6-11-29(12-7-26)53-17-19-54(20-18-53)38-23-33-32(22-35(38)49)42(60)56(43(33)61)37-15-16-39(57)52-40(37)58/h8,10,13-14,21-23,26,29,37,44-45H,6-7,11-12,15-20,25H2,1-4H3,(H,52,57,58)/t26?,29?,37?,44-,45-. The van der Waals surface area contributed by atoms with Gasteiger partial charge in [0.1, 0.15) is 35.5 Å². The van der Waals surface area contributed by atoms with Gasteiger partial charge in [-0.1, -0.05) is 45.2 Å². The van der Waals surface area contributed by atoms with Crippen molar-refractivity contribution >= 4 is 46.8 Å². The number of nitriles is 1. The highest BCUT2D eigenvalue weighted by molar-refractivity contribution is 6.31. The Hall–Kier alpha value is -5.83. The van der Waals surface area contributed by atoms with Crippen LogP contribution in [0.2, 0.25) is 5.02 Å². The maximum Gasteiger partial charge on any atom is 0.262 e. The van der Waals surface area contributed by atoms with E-state index in [1.807, 2.05) is 21.9 Å². The number of aromatic nitrogens is 1. The van der Waals surface area contributed by atoms with Crippen molar-refractivity contribution in [3.8, 4) is 23.7 Å². The maximum atomic E-state index is 15.5. The summed E-state index contributed by atoms with van der Waals surface area (Å²) in [6.45, 7) is 11.4. The van der Waals surface area contributed by atoms with E-state index in [1.54, 1.807) is 18.2 Å². The van der Waals surface area contributed by atoms with E-state index in [0.29, 0.717) is 53.3 Å². The zero-order chi connectivity index (χ0) is 43.8. The third-order valence-electron chi connectivity index (χ3n) is 14.0. The molecule has 0 bridgehead atoms. The normalized spacial score (nSPS) is 26.6. The molecule has 5 heterocycles. The number of imide groups is 2. The van der Waals surface area contributed by atoms with Crippen LogP contribution in [0.25, 0.3) is 0 Å². The number of pyridine rings is 1. The maximum absolute atomic E-state index is 15.5. The fraction of sp³-hybridized carbons (Fsp3) is 0.468. The average molecular weight is 860 g/mol. The van der Waals surface area contributed by atoms with Gasteiger partial charge in [-0.3, -0.25) is 39.1 Å². The summed E-state index contributed by atoms with van der Waals surface area (Å²) in [6, 6.07) is 12.5. The van der Waals surface area contributed by atoms with Crippen molar-refractivity contribution in [3.05, 3.63) is 86.9 Å². The highest BCUT2D eigenvalue weighted by Gasteiger charge is 2.67. The molecule has 0 radical (unpaired) electrons. The molecule has 4 fully saturated rings. The SMILES string of the molecule is CC1(C)[C@H](Oc2ccc(C#N)c(Cl)c2)C(C)(C)[C@H]1N1Cc2nc(C#CC3CCC(N4CCN(c5cc6c(cc5F)C(=O)N(C5CCC(=O)NC5=O)C6=O)CC4)CC3)ccc2C1=O. The lowest BCUT2D eigenvalue weighted by atomic mass is 9.49. The number of carbonyl (C=O) groups is 5. The Morgan fingerprint density at radius 3 is 2.21 bits per heavy atom. The molecular formula is C47H47ClFN7O6. The largest absolute Gasteiger partial charge is 0.489 e. The van der Waals surface area contributed by atoms with E-state index in [2.05, 4.69) is 55.8 Å². The van der Waals surface area contributed by atoms with Gasteiger partial charge < -0.3 is 14.5 Å². The molecule has 1 atom stereocenters. The van der Waals surface area contributed by atoms with Gasteiger partial charge >= 0.3 is 0 Å². The molecule has 1 N–H and O–H groups in total. The summed E-state index contributed by atoms with van der Waals surface area (Å²) < 4.78 is 22.0. The van der Waals surface area contributed by atoms with Crippen molar-refractivity contribution in [2.24, 2.45) is 16.7 Å². The van der Waals surface area contributed by atoms with E-state index in [0.717, 1.165) is 55.4 Å². The Morgan fingerprint density at radius 1 is 0.855 bits per heavy atom. The van der Waals surface area contributed by atoms with E-state index in [9.17, 15) is 29.2 Å². The van der Waals surface area contributed by atoms with Gasteiger partial charge in [0.2, 0.25) is 11.8 Å². The minimum Gasteiger partial charge on any atom is -0.489 e. The molecule has 6 aliphatic rings. The fourth-order valence-electron chi connectivity index (χ4n) is 11.3. The molecule has 5 amide bonds. The Kier molecular flexibility index (Phi) is 10.4. The molecule has 2 aromatic carbocycles. The van der Waals surface area contributed by atoms with Crippen molar-refractivity contribution < 1.29 is 33.1 Å². The third kappa shape index (κ3) is 6.98. The lowest BCUT2D eigenvalue weighted by molar-refractivity contribution is -0.199. The van der Waals surface area contributed by atoms with E-state index < -0.39 is 35.5 Å². The molecule has 2 aliphatic carbocycles. The number of hydrogen-bond donors (Lipinski definition) is 1. The number of amides is 5. The number of piperidine rings is 1. The van der Waals surface area contributed by atoms with Crippen molar-refractivity contribution in [1.29, 1.82) is 5.26 Å². The summed E-state index contributed by atoms with van der Waals surface area (Å²) in [5.74, 6) is 4.40. The van der Waals surface area contributed by atoms with Crippen LogP contribution in [-0.4, -0.2) is 99.6 Å². The summed E-state index contributed by atoms with van der Waals surface area (Å²) in [6.07, 6.45) is 3.69. The molecular weight excluding hydrogens is 813 g/mol. The molecule has 15 heteroatoms. The Labute approximate surface area is 364 Å². The average Bonchev–Trinajstić information content (AvgIpc) is 3.68. The highest BCUT2D eigenvalue weighted by atomic mass is 35.5. The number of rotatable bonds is 6. The molecule has 62 heavy (non-hydrogen) atoms. The Balaban J connectivity index is 0.778. The number of fused-ring (bicyclic) bond motifs is 2. The van der Waals surface area contributed by atoms with Crippen LogP contribution in [0.15, 0.2) is 42.5 Å². The Bertz CT molecular complexity index is 2530. The van der Waals surface area contributed by atoms with Crippen molar-refractivity contribution in [2.45, 2.75) is 97.0 Å². The predicted molar refractivity (Wildman–Crippen MR) is 226 cm³/mol. The first-order chi connectivity index (χ1) is 29.6. The number of benzene rings is 2. The molecule has 320 valence electrons. The molecule has 3 aromatic rings. The summed E-state index contributed by atoms with van der Waals surface area (Å²) in [7, 11) is 0. The topological polar surface area (TPSA) is 156 Å². The first-order valence-corrected chi connectivity index (χ1v) is 21.7.